The molecule has 3 atom stereocenters. The van der Waals surface area contributed by atoms with Crippen molar-refractivity contribution in [2.24, 2.45) is 11.8 Å². The molecule has 1 aliphatic carbocycles. The molecule has 8 heteroatoms. The van der Waals surface area contributed by atoms with Crippen LogP contribution >= 0.6 is 0 Å². The fraction of sp³-hybridized carbons (Fsp3) is 0.500. The molecule has 1 saturated carbocycles. The third-order valence-electron chi connectivity index (χ3n) is 6.59. The molecule has 0 saturated heterocycles. The quantitative estimate of drug-likeness (QED) is 0.621. The van der Waals surface area contributed by atoms with Crippen molar-refractivity contribution < 1.29 is 19.4 Å². The summed E-state index contributed by atoms with van der Waals surface area (Å²) in [6.07, 6.45) is 5.11. The summed E-state index contributed by atoms with van der Waals surface area (Å²) in [4.78, 5) is 34.0. The predicted octanol–water partition coefficient (Wildman–Crippen LogP) is 2.78. The van der Waals surface area contributed by atoms with Gasteiger partial charge in [0.2, 0.25) is 5.91 Å². The number of hydrogen-bond donors (Lipinski definition) is 2. The minimum atomic E-state index is -0.333. The van der Waals surface area contributed by atoms with Gasteiger partial charge < -0.3 is 20.1 Å². The first-order valence-corrected chi connectivity index (χ1v) is 12.0. The summed E-state index contributed by atoms with van der Waals surface area (Å²) in [7, 11) is 2.04. The Kier molecular flexibility index (Phi) is 7.48. The number of carbonyl (C=O) groups excluding carboxylic acids is 2. The van der Waals surface area contributed by atoms with Gasteiger partial charge in [-0.05, 0) is 56.6 Å². The smallest absolute Gasteiger partial charge is 0.258 e. The van der Waals surface area contributed by atoms with Gasteiger partial charge in [0.1, 0.15) is 6.10 Å². The summed E-state index contributed by atoms with van der Waals surface area (Å²) in [6, 6.07) is 8.93. The minimum absolute atomic E-state index is 0.00169. The average molecular weight is 467 g/mol. The number of anilines is 1. The lowest BCUT2D eigenvalue weighted by molar-refractivity contribution is -0.117. The molecule has 0 radical (unpaired) electrons. The third-order valence-corrected chi connectivity index (χ3v) is 6.59. The lowest BCUT2D eigenvalue weighted by atomic mass is 9.98. The van der Waals surface area contributed by atoms with E-state index in [-0.39, 0.29) is 42.4 Å². The lowest BCUT2D eigenvalue weighted by Crippen LogP contribution is -2.49. The second-order valence-corrected chi connectivity index (χ2v) is 9.62. The molecule has 2 N–H and O–H groups in total. The summed E-state index contributed by atoms with van der Waals surface area (Å²) >= 11 is 0. The Morgan fingerprint density at radius 3 is 2.71 bits per heavy atom. The van der Waals surface area contributed by atoms with E-state index in [1.165, 1.54) is 0 Å². The Morgan fingerprint density at radius 2 is 2.03 bits per heavy atom. The van der Waals surface area contributed by atoms with Gasteiger partial charge >= 0.3 is 0 Å². The van der Waals surface area contributed by atoms with Gasteiger partial charge in [0, 0.05) is 43.9 Å². The lowest BCUT2D eigenvalue weighted by Gasteiger charge is -2.38. The molecule has 1 aromatic heterocycles. The Bertz CT molecular complexity index is 1010. The standard InChI is InChI=1S/C26H34N4O4/c1-17-13-30(18(2)16-31)26(33)21-5-4-6-22(28-25(32)20-7-8-20)24(21)34-23(17)15-29(3)14-19-9-11-27-12-10-19/h4-6,9-12,17-18,20,23,31H,7-8,13-16H2,1-3H3,(H,28,32)/t17-,18+,23+/m0/s1. The fourth-order valence-electron chi connectivity index (χ4n) is 4.31. The van der Waals surface area contributed by atoms with Crippen molar-refractivity contribution in [1.29, 1.82) is 0 Å². The van der Waals surface area contributed by atoms with Crippen LogP contribution in [-0.2, 0) is 11.3 Å². The second kappa shape index (κ2) is 10.5. The zero-order valence-electron chi connectivity index (χ0n) is 20.1. The third kappa shape index (κ3) is 5.56. The zero-order valence-corrected chi connectivity index (χ0v) is 20.1. The Balaban J connectivity index is 1.64. The van der Waals surface area contributed by atoms with Crippen LogP contribution in [0.4, 0.5) is 5.69 Å². The van der Waals surface area contributed by atoms with E-state index in [1.54, 1.807) is 35.5 Å². The highest BCUT2D eigenvalue weighted by Crippen LogP contribution is 2.37. The van der Waals surface area contributed by atoms with Crippen molar-refractivity contribution in [3.05, 3.63) is 53.9 Å². The predicted molar refractivity (Wildman–Crippen MR) is 130 cm³/mol. The van der Waals surface area contributed by atoms with E-state index in [4.69, 9.17) is 4.74 Å². The first-order valence-electron chi connectivity index (χ1n) is 12.0. The van der Waals surface area contributed by atoms with Crippen molar-refractivity contribution in [3.8, 4) is 5.75 Å². The highest BCUT2D eigenvalue weighted by atomic mass is 16.5. The second-order valence-electron chi connectivity index (χ2n) is 9.62. The van der Waals surface area contributed by atoms with E-state index in [2.05, 4.69) is 22.1 Å². The fourth-order valence-corrected chi connectivity index (χ4v) is 4.31. The van der Waals surface area contributed by atoms with Gasteiger partial charge in [-0.15, -0.1) is 0 Å². The number of likely N-dealkylation sites (N-methyl/N-ethyl adjacent to an activating group) is 1. The van der Waals surface area contributed by atoms with Gasteiger partial charge in [-0.1, -0.05) is 13.0 Å². The molecule has 2 aromatic rings. The number of fused-ring (bicyclic) bond motifs is 1. The van der Waals surface area contributed by atoms with Gasteiger partial charge in [0.05, 0.1) is 23.9 Å². The number of aliphatic hydroxyl groups excluding tert-OH is 1. The molecule has 2 amide bonds. The first kappa shape index (κ1) is 24.2. The number of amides is 2. The summed E-state index contributed by atoms with van der Waals surface area (Å²) < 4.78 is 6.54. The van der Waals surface area contributed by atoms with Crippen LogP contribution in [0.3, 0.4) is 0 Å². The van der Waals surface area contributed by atoms with E-state index in [9.17, 15) is 14.7 Å². The number of aliphatic hydroxyl groups is 1. The molecule has 0 bridgehead atoms. The molecular weight excluding hydrogens is 432 g/mol. The molecule has 1 aromatic carbocycles. The molecular formula is C26H34N4O4. The van der Waals surface area contributed by atoms with Gasteiger partial charge in [0.25, 0.3) is 5.91 Å². The maximum absolute atomic E-state index is 13.5. The summed E-state index contributed by atoms with van der Waals surface area (Å²) in [6.45, 7) is 5.61. The van der Waals surface area contributed by atoms with Crippen LogP contribution < -0.4 is 10.1 Å². The number of para-hydroxylation sites is 1. The summed E-state index contributed by atoms with van der Waals surface area (Å²) in [5.41, 5.74) is 2.08. The zero-order chi connectivity index (χ0) is 24.2. The van der Waals surface area contributed by atoms with Gasteiger partial charge in [-0.2, -0.15) is 0 Å². The number of benzene rings is 1. The number of hydrogen-bond acceptors (Lipinski definition) is 6. The number of aromatic nitrogens is 1. The van der Waals surface area contributed by atoms with Crippen LogP contribution in [0.25, 0.3) is 0 Å². The molecule has 2 aliphatic rings. The number of carbonyl (C=O) groups is 2. The van der Waals surface area contributed by atoms with E-state index in [1.807, 2.05) is 26.1 Å². The van der Waals surface area contributed by atoms with Crippen LogP contribution in [0.15, 0.2) is 42.7 Å². The first-order chi connectivity index (χ1) is 16.4. The maximum Gasteiger partial charge on any atom is 0.258 e. The largest absolute Gasteiger partial charge is 0.486 e. The van der Waals surface area contributed by atoms with Gasteiger partial charge in [0.15, 0.2) is 5.75 Å². The molecule has 0 unspecified atom stereocenters. The maximum atomic E-state index is 13.5. The van der Waals surface area contributed by atoms with E-state index in [0.717, 1.165) is 24.9 Å². The normalized spacial score (nSPS) is 21.3. The highest BCUT2D eigenvalue weighted by Gasteiger charge is 2.35. The minimum Gasteiger partial charge on any atom is -0.486 e. The monoisotopic (exact) mass is 466 g/mol. The van der Waals surface area contributed by atoms with Gasteiger partial charge in [-0.3, -0.25) is 19.5 Å². The van der Waals surface area contributed by atoms with Crippen LogP contribution in [0, 0.1) is 11.8 Å². The summed E-state index contributed by atoms with van der Waals surface area (Å²) in [5.74, 6) is 0.205. The Labute approximate surface area is 200 Å². The molecule has 1 aliphatic heterocycles. The summed E-state index contributed by atoms with van der Waals surface area (Å²) in [5, 5.41) is 12.8. The van der Waals surface area contributed by atoms with Crippen LogP contribution in [0.1, 0.15) is 42.6 Å². The molecule has 34 heavy (non-hydrogen) atoms. The number of ether oxygens (including phenoxy) is 1. The van der Waals surface area contributed by atoms with Crippen molar-refractivity contribution in [2.45, 2.75) is 45.4 Å². The SMILES string of the molecule is C[C@H](CO)N1C[C@H](C)[C@@H](CN(C)Cc2ccncc2)Oc2c(NC(=O)C3CC3)cccc2C1=O. The van der Waals surface area contributed by atoms with E-state index in [0.29, 0.717) is 30.1 Å². The van der Waals surface area contributed by atoms with E-state index < -0.39 is 0 Å². The van der Waals surface area contributed by atoms with Crippen molar-refractivity contribution >= 4 is 17.5 Å². The molecule has 8 nitrogen and oxygen atoms in total. The number of nitrogens with zero attached hydrogens (tertiary/aromatic N) is 3. The molecule has 2 heterocycles. The van der Waals surface area contributed by atoms with Crippen molar-refractivity contribution in [1.82, 2.24) is 14.8 Å². The number of pyridine rings is 1. The topological polar surface area (TPSA) is 95.0 Å². The van der Waals surface area contributed by atoms with Crippen LogP contribution in [-0.4, -0.2) is 70.6 Å². The van der Waals surface area contributed by atoms with Crippen LogP contribution in [0.2, 0.25) is 0 Å². The van der Waals surface area contributed by atoms with Crippen molar-refractivity contribution in [3.63, 3.8) is 0 Å². The number of rotatable bonds is 8. The average Bonchev–Trinajstić information content (AvgIpc) is 3.67. The van der Waals surface area contributed by atoms with Crippen LogP contribution in [0.5, 0.6) is 5.75 Å². The Morgan fingerprint density at radius 1 is 1.29 bits per heavy atom. The van der Waals surface area contributed by atoms with Crippen molar-refractivity contribution in [2.75, 3.05) is 32.1 Å². The molecule has 1 fully saturated rings. The molecule has 4 rings (SSSR count). The molecule has 0 spiro atoms. The van der Waals surface area contributed by atoms with Gasteiger partial charge in [-0.25, -0.2) is 0 Å². The Hall–Kier alpha value is -2.97. The molecule has 182 valence electrons. The number of nitrogens with one attached hydrogen (secondary N) is 1. The highest BCUT2D eigenvalue weighted by molar-refractivity contribution is 6.02. The van der Waals surface area contributed by atoms with E-state index >= 15 is 0 Å².